The third kappa shape index (κ3) is 4.27. The molecule has 1 heterocycles. The number of nitriles is 1. The number of likely N-dealkylation sites (tertiary alicyclic amines) is 1. The van der Waals surface area contributed by atoms with Crippen LogP contribution < -0.4 is 0 Å². The lowest BCUT2D eigenvalue weighted by molar-refractivity contribution is 0.0641. The molecule has 0 bridgehead atoms. The fraction of sp³-hybridized carbons (Fsp3) is 0.529. The van der Waals surface area contributed by atoms with Crippen molar-refractivity contribution in [3.63, 3.8) is 0 Å². The number of nitrogens with zero attached hydrogens (tertiary/aromatic N) is 3. The first kappa shape index (κ1) is 17.4. The molecule has 1 N–H and O–H groups in total. The maximum atomic E-state index is 13.3. The fourth-order valence-corrected chi connectivity index (χ4v) is 2.94. The summed E-state index contributed by atoms with van der Waals surface area (Å²) in [7, 11) is 2.04. The van der Waals surface area contributed by atoms with Gasteiger partial charge < -0.3 is 14.9 Å². The van der Waals surface area contributed by atoms with Crippen molar-refractivity contribution in [1.29, 1.82) is 5.26 Å². The Labute approximate surface area is 135 Å². The molecule has 1 fully saturated rings. The zero-order chi connectivity index (χ0) is 16.8. The lowest BCUT2D eigenvalue weighted by atomic mass is 10.0. The number of rotatable bonds is 5. The van der Waals surface area contributed by atoms with Crippen LogP contribution in [-0.2, 0) is 0 Å². The maximum absolute atomic E-state index is 13.3. The van der Waals surface area contributed by atoms with E-state index in [0.717, 1.165) is 25.8 Å². The quantitative estimate of drug-likeness (QED) is 0.895. The molecule has 0 aliphatic carbocycles. The second-order valence-electron chi connectivity index (χ2n) is 5.89. The van der Waals surface area contributed by atoms with E-state index in [9.17, 15) is 9.18 Å². The Morgan fingerprint density at radius 2 is 2.17 bits per heavy atom. The van der Waals surface area contributed by atoms with Gasteiger partial charge in [0.1, 0.15) is 11.9 Å². The number of aliphatic hydroxyl groups excluding tert-OH is 1. The number of aliphatic hydroxyl groups is 1. The summed E-state index contributed by atoms with van der Waals surface area (Å²) < 4.78 is 13.3. The lowest BCUT2D eigenvalue weighted by Crippen LogP contribution is -2.45. The van der Waals surface area contributed by atoms with Gasteiger partial charge in [0.15, 0.2) is 0 Å². The molecule has 23 heavy (non-hydrogen) atoms. The Morgan fingerprint density at radius 3 is 2.78 bits per heavy atom. The first-order chi connectivity index (χ1) is 11.1. The van der Waals surface area contributed by atoms with Crippen molar-refractivity contribution in [2.45, 2.75) is 25.3 Å². The summed E-state index contributed by atoms with van der Waals surface area (Å²) in [6, 6.07) is 6.09. The highest BCUT2D eigenvalue weighted by atomic mass is 19.1. The molecule has 1 amide bonds. The van der Waals surface area contributed by atoms with Gasteiger partial charge in [0, 0.05) is 37.8 Å². The minimum absolute atomic E-state index is 0.102. The molecule has 1 aromatic rings. The van der Waals surface area contributed by atoms with E-state index in [-0.39, 0.29) is 18.1 Å². The molecule has 6 heteroatoms. The average Bonchev–Trinajstić information content (AvgIpc) is 2.59. The molecule has 1 aromatic carbocycles. The highest BCUT2D eigenvalue weighted by molar-refractivity contribution is 5.94. The van der Waals surface area contributed by atoms with Crippen molar-refractivity contribution >= 4 is 5.91 Å². The van der Waals surface area contributed by atoms with Gasteiger partial charge in [0.2, 0.25) is 0 Å². The van der Waals surface area contributed by atoms with Gasteiger partial charge in [-0.15, -0.1) is 0 Å². The minimum atomic E-state index is -0.603. The van der Waals surface area contributed by atoms with Crippen LogP contribution in [0.15, 0.2) is 18.2 Å². The van der Waals surface area contributed by atoms with Crippen molar-refractivity contribution < 1.29 is 14.3 Å². The van der Waals surface area contributed by atoms with Crippen LogP contribution in [0.2, 0.25) is 0 Å². The minimum Gasteiger partial charge on any atom is -0.396 e. The van der Waals surface area contributed by atoms with E-state index >= 15 is 0 Å². The summed E-state index contributed by atoms with van der Waals surface area (Å²) in [5.74, 6) is -0.758. The molecule has 124 valence electrons. The van der Waals surface area contributed by atoms with Crippen LogP contribution in [0.4, 0.5) is 4.39 Å². The van der Waals surface area contributed by atoms with Crippen molar-refractivity contribution in [3.8, 4) is 6.07 Å². The SMILES string of the molecule is CN(CCCO)C1CCN(C(=O)c2ccc(F)c(C#N)c2)CC1. The fourth-order valence-electron chi connectivity index (χ4n) is 2.94. The van der Waals surface area contributed by atoms with Gasteiger partial charge in [-0.3, -0.25) is 4.79 Å². The number of piperidine rings is 1. The molecule has 2 rings (SSSR count). The van der Waals surface area contributed by atoms with Gasteiger partial charge in [0.25, 0.3) is 5.91 Å². The highest BCUT2D eigenvalue weighted by Crippen LogP contribution is 2.19. The molecule has 0 saturated carbocycles. The second-order valence-corrected chi connectivity index (χ2v) is 5.89. The summed E-state index contributed by atoms with van der Waals surface area (Å²) in [5.41, 5.74) is 0.254. The first-order valence-electron chi connectivity index (χ1n) is 7.87. The maximum Gasteiger partial charge on any atom is 0.253 e. The Hall–Kier alpha value is -1.97. The smallest absolute Gasteiger partial charge is 0.253 e. The summed E-state index contributed by atoms with van der Waals surface area (Å²) in [4.78, 5) is 16.5. The van der Waals surface area contributed by atoms with Crippen molar-refractivity contribution in [2.75, 3.05) is 33.3 Å². The number of halogens is 1. The van der Waals surface area contributed by atoms with Crippen LogP contribution in [-0.4, -0.2) is 60.1 Å². The van der Waals surface area contributed by atoms with Gasteiger partial charge in [-0.2, -0.15) is 5.26 Å². The van der Waals surface area contributed by atoms with Gasteiger partial charge >= 0.3 is 0 Å². The van der Waals surface area contributed by atoms with Gasteiger partial charge in [-0.05, 0) is 44.5 Å². The first-order valence-corrected chi connectivity index (χ1v) is 7.87. The van der Waals surface area contributed by atoms with Crippen molar-refractivity contribution in [2.24, 2.45) is 0 Å². The van der Waals surface area contributed by atoms with Gasteiger partial charge in [-0.25, -0.2) is 4.39 Å². The topological polar surface area (TPSA) is 67.6 Å². The summed E-state index contributed by atoms with van der Waals surface area (Å²) >= 11 is 0. The molecule has 0 spiro atoms. The second kappa shape index (κ2) is 8.04. The molecule has 5 nitrogen and oxygen atoms in total. The number of hydrogen-bond acceptors (Lipinski definition) is 4. The predicted molar refractivity (Wildman–Crippen MR) is 84.4 cm³/mol. The molecule has 0 aromatic heterocycles. The van der Waals surface area contributed by atoms with E-state index in [1.807, 2.05) is 7.05 Å². The van der Waals surface area contributed by atoms with Crippen LogP contribution >= 0.6 is 0 Å². The lowest BCUT2D eigenvalue weighted by Gasteiger charge is -2.36. The highest BCUT2D eigenvalue weighted by Gasteiger charge is 2.26. The summed E-state index contributed by atoms with van der Waals surface area (Å²) in [6.07, 6.45) is 2.50. The standard InChI is InChI=1S/C17H22FN3O2/c1-20(7-2-10-22)15-5-8-21(9-6-15)17(23)13-3-4-16(18)14(11-13)12-19/h3-4,11,15,22H,2,5-10H2,1H3. The number of carbonyl (C=O) groups excluding carboxylic acids is 1. The van der Waals surface area contributed by atoms with Crippen LogP contribution in [0, 0.1) is 17.1 Å². The monoisotopic (exact) mass is 319 g/mol. The molecule has 0 atom stereocenters. The summed E-state index contributed by atoms with van der Waals surface area (Å²) in [6.45, 7) is 2.32. The summed E-state index contributed by atoms with van der Waals surface area (Å²) in [5, 5.41) is 17.8. The average molecular weight is 319 g/mol. The molecule has 0 unspecified atom stereocenters. The Bertz CT molecular complexity index is 592. The van der Waals surface area contributed by atoms with Crippen LogP contribution in [0.25, 0.3) is 0 Å². The van der Waals surface area contributed by atoms with E-state index in [2.05, 4.69) is 4.90 Å². The Morgan fingerprint density at radius 1 is 1.48 bits per heavy atom. The number of carbonyl (C=O) groups is 1. The van der Waals surface area contributed by atoms with Gasteiger partial charge in [0.05, 0.1) is 5.56 Å². The third-order valence-corrected chi connectivity index (χ3v) is 4.38. The van der Waals surface area contributed by atoms with Crippen molar-refractivity contribution in [3.05, 3.63) is 35.1 Å². The van der Waals surface area contributed by atoms with Crippen molar-refractivity contribution in [1.82, 2.24) is 9.80 Å². The van der Waals surface area contributed by atoms with E-state index in [1.54, 1.807) is 11.0 Å². The molecule has 0 radical (unpaired) electrons. The molecular weight excluding hydrogens is 297 g/mol. The van der Waals surface area contributed by atoms with E-state index in [0.29, 0.717) is 24.7 Å². The Kier molecular flexibility index (Phi) is 6.08. The van der Waals surface area contributed by atoms with Crippen LogP contribution in [0.3, 0.4) is 0 Å². The van der Waals surface area contributed by atoms with Crippen LogP contribution in [0.5, 0.6) is 0 Å². The van der Waals surface area contributed by atoms with E-state index < -0.39 is 5.82 Å². The molecule has 1 saturated heterocycles. The zero-order valence-electron chi connectivity index (χ0n) is 13.3. The van der Waals surface area contributed by atoms with E-state index in [1.165, 1.54) is 18.2 Å². The molecule has 1 aliphatic rings. The molecular formula is C17H22FN3O2. The van der Waals surface area contributed by atoms with E-state index in [4.69, 9.17) is 10.4 Å². The number of hydrogen-bond donors (Lipinski definition) is 1. The largest absolute Gasteiger partial charge is 0.396 e. The predicted octanol–water partition coefficient (Wildman–Crippen LogP) is 1.62. The zero-order valence-corrected chi connectivity index (χ0v) is 13.3. The third-order valence-electron chi connectivity index (χ3n) is 4.38. The normalized spacial score (nSPS) is 15.7. The molecule has 1 aliphatic heterocycles. The van der Waals surface area contributed by atoms with Crippen LogP contribution in [0.1, 0.15) is 35.2 Å². The Balaban J connectivity index is 1.95. The van der Waals surface area contributed by atoms with Gasteiger partial charge in [-0.1, -0.05) is 0 Å². The number of benzene rings is 1. The number of amides is 1.